The molecule has 5 rings (SSSR count). The molecule has 3 aromatic rings. The van der Waals surface area contributed by atoms with Gasteiger partial charge >= 0.3 is 0 Å². The van der Waals surface area contributed by atoms with Gasteiger partial charge in [-0.25, -0.2) is 0 Å². The minimum atomic E-state index is -0.146. The minimum absolute atomic E-state index is 0.121. The number of rotatable bonds is 5. The van der Waals surface area contributed by atoms with E-state index in [1.165, 1.54) is 0 Å². The van der Waals surface area contributed by atoms with Crippen molar-refractivity contribution in [1.29, 1.82) is 0 Å². The molecule has 2 aliphatic rings. The Labute approximate surface area is 203 Å². The lowest BCUT2D eigenvalue weighted by Crippen LogP contribution is -2.49. The number of aromatic nitrogens is 2. The van der Waals surface area contributed by atoms with Crippen LogP contribution in [0.3, 0.4) is 0 Å². The Morgan fingerprint density at radius 1 is 1.00 bits per heavy atom. The smallest absolute Gasteiger partial charge is 0.274 e. The van der Waals surface area contributed by atoms with Gasteiger partial charge in [0.2, 0.25) is 0 Å². The zero-order valence-corrected chi connectivity index (χ0v) is 19.7. The maximum absolute atomic E-state index is 13.1. The van der Waals surface area contributed by atoms with Crippen molar-refractivity contribution in [2.45, 2.75) is 13.1 Å². The van der Waals surface area contributed by atoms with E-state index in [2.05, 4.69) is 10.00 Å². The summed E-state index contributed by atoms with van der Waals surface area (Å²) in [5.74, 6) is 0.492. The molecule has 1 fully saturated rings. The summed E-state index contributed by atoms with van der Waals surface area (Å²) in [6.45, 7) is 4.10. The van der Waals surface area contributed by atoms with Crippen LogP contribution in [0.5, 0.6) is 5.75 Å². The average molecular weight is 480 g/mol. The van der Waals surface area contributed by atoms with Crippen molar-refractivity contribution >= 4 is 29.1 Å². The molecule has 1 aromatic heterocycles. The van der Waals surface area contributed by atoms with E-state index in [4.69, 9.17) is 16.3 Å². The van der Waals surface area contributed by atoms with Crippen molar-refractivity contribution in [2.24, 2.45) is 0 Å². The van der Waals surface area contributed by atoms with Crippen molar-refractivity contribution in [2.75, 3.05) is 44.7 Å². The van der Waals surface area contributed by atoms with Crippen molar-refractivity contribution in [1.82, 2.24) is 19.6 Å². The standard InChI is InChI=1S/C25H26ClN5O3/c1-34-19-6-4-5-18(15-19)17-30-13-14-31-23(25(30)33)16-21(27-31)24(32)29-11-9-28(10-12-29)22-8-3-2-7-20(22)26/h2-8,15-16H,9-14,17H2,1H3. The molecule has 0 atom stereocenters. The quantitative estimate of drug-likeness (QED) is 0.562. The summed E-state index contributed by atoms with van der Waals surface area (Å²) in [4.78, 5) is 32.0. The Morgan fingerprint density at radius 3 is 2.56 bits per heavy atom. The van der Waals surface area contributed by atoms with Crippen LogP contribution in [0.15, 0.2) is 54.6 Å². The monoisotopic (exact) mass is 479 g/mol. The normalized spacial score (nSPS) is 15.9. The second-order valence-electron chi connectivity index (χ2n) is 8.45. The summed E-state index contributed by atoms with van der Waals surface area (Å²) in [5, 5.41) is 5.17. The second-order valence-corrected chi connectivity index (χ2v) is 8.85. The Morgan fingerprint density at radius 2 is 1.79 bits per heavy atom. The molecule has 34 heavy (non-hydrogen) atoms. The molecule has 0 aliphatic carbocycles. The first kappa shape index (κ1) is 22.3. The van der Waals surface area contributed by atoms with Crippen molar-refractivity contribution in [3.8, 4) is 5.75 Å². The molecule has 1 saturated heterocycles. The number of para-hydroxylation sites is 1. The van der Waals surface area contributed by atoms with E-state index in [0.717, 1.165) is 17.0 Å². The van der Waals surface area contributed by atoms with Crippen molar-refractivity contribution < 1.29 is 14.3 Å². The summed E-state index contributed by atoms with van der Waals surface area (Å²) < 4.78 is 6.93. The van der Waals surface area contributed by atoms with Crippen molar-refractivity contribution in [3.63, 3.8) is 0 Å². The summed E-state index contributed by atoms with van der Waals surface area (Å²) in [5.41, 5.74) is 2.74. The zero-order chi connectivity index (χ0) is 23.7. The van der Waals surface area contributed by atoms with E-state index >= 15 is 0 Å². The number of piperazine rings is 1. The second kappa shape index (κ2) is 9.38. The van der Waals surface area contributed by atoms with Gasteiger partial charge in [0, 0.05) is 45.3 Å². The van der Waals surface area contributed by atoms with Gasteiger partial charge in [0.15, 0.2) is 5.69 Å². The van der Waals surface area contributed by atoms with Crippen LogP contribution in [-0.4, -0.2) is 71.2 Å². The number of nitrogens with zero attached hydrogens (tertiary/aromatic N) is 5. The third kappa shape index (κ3) is 4.33. The molecule has 8 nitrogen and oxygen atoms in total. The van der Waals surface area contributed by atoms with Gasteiger partial charge < -0.3 is 19.4 Å². The first-order chi connectivity index (χ1) is 16.5. The Hall–Kier alpha value is -3.52. The summed E-state index contributed by atoms with van der Waals surface area (Å²) >= 11 is 6.32. The number of carbonyl (C=O) groups is 2. The molecule has 0 radical (unpaired) electrons. The molecular weight excluding hydrogens is 454 g/mol. The van der Waals surface area contributed by atoms with E-state index < -0.39 is 0 Å². The van der Waals surface area contributed by atoms with E-state index in [1.54, 1.807) is 27.7 Å². The minimum Gasteiger partial charge on any atom is -0.497 e. The number of hydrogen-bond acceptors (Lipinski definition) is 5. The average Bonchev–Trinajstić information content (AvgIpc) is 3.31. The van der Waals surface area contributed by atoms with Gasteiger partial charge in [-0.3, -0.25) is 14.3 Å². The number of carbonyl (C=O) groups excluding carboxylic acids is 2. The van der Waals surface area contributed by atoms with Crippen LogP contribution in [0.4, 0.5) is 5.69 Å². The number of methoxy groups -OCH3 is 1. The highest BCUT2D eigenvalue weighted by molar-refractivity contribution is 6.33. The van der Waals surface area contributed by atoms with Gasteiger partial charge in [-0.1, -0.05) is 35.9 Å². The molecule has 3 heterocycles. The molecule has 2 amide bonds. The molecule has 0 unspecified atom stereocenters. The maximum atomic E-state index is 13.1. The van der Waals surface area contributed by atoms with Gasteiger partial charge in [-0.15, -0.1) is 0 Å². The van der Waals surface area contributed by atoms with Gasteiger partial charge in [-0.05, 0) is 29.8 Å². The lowest BCUT2D eigenvalue weighted by Gasteiger charge is -2.36. The third-order valence-corrected chi connectivity index (χ3v) is 6.67. The molecule has 0 saturated carbocycles. The number of benzene rings is 2. The third-order valence-electron chi connectivity index (χ3n) is 6.35. The van der Waals surface area contributed by atoms with E-state index in [0.29, 0.717) is 62.2 Å². The molecule has 176 valence electrons. The summed E-state index contributed by atoms with van der Waals surface area (Å²) in [6.07, 6.45) is 0. The number of anilines is 1. The topological polar surface area (TPSA) is 70.9 Å². The molecule has 2 aromatic carbocycles. The lowest BCUT2D eigenvalue weighted by atomic mass is 10.1. The van der Waals surface area contributed by atoms with Crippen LogP contribution in [0, 0.1) is 0 Å². The van der Waals surface area contributed by atoms with E-state index in [1.807, 2.05) is 48.5 Å². The summed E-state index contributed by atoms with van der Waals surface area (Å²) in [7, 11) is 1.62. The van der Waals surface area contributed by atoms with Crippen LogP contribution in [0.25, 0.3) is 0 Å². The lowest BCUT2D eigenvalue weighted by molar-refractivity contribution is 0.0680. The number of ether oxygens (including phenoxy) is 1. The summed E-state index contributed by atoms with van der Waals surface area (Å²) in [6, 6.07) is 17.1. The fourth-order valence-electron chi connectivity index (χ4n) is 4.51. The van der Waals surface area contributed by atoms with Gasteiger partial charge in [0.05, 0.1) is 24.4 Å². The van der Waals surface area contributed by atoms with Crippen LogP contribution in [0.1, 0.15) is 26.5 Å². The Bertz CT molecular complexity index is 1220. The van der Waals surface area contributed by atoms with Crippen LogP contribution in [0.2, 0.25) is 5.02 Å². The Balaban J connectivity index is 1.25. The highest BCUT2D eigenvalue weighted by Crippen LogP contribution is 2.26. The van der Waals surface area contributed by atoms with Gasteiger partial charge in [0.1, 0.15) is 11.4 Å². The van der Waals surface area contributed by atoms with Crippen LogP contribution >= 0.6 is 11.6 Å². The van der Waals surface area contributed by atoms with Crippen molar-refractivity contribution in [3.05, 3.63) is 76.6 Å². The van der Waals surface area contributed by atoms with E-state index in [9.17, 15) is 9.59 Å². The Kier molecular flexibility index (Phi) is 6.15. The predicted molar refractivity (Wildman–Crippen MR) is 130 cm³/mol. The van der Waals surface area contributed by atoms with Crippen LogP contribution in [-0.2, 0) is 13.1 Å². The molecule has 0 spiro atoms. The number of fused-ring (bicyclic) bond motifs is 1. The first-order valence-electron chi connectivity index (χ1n) is 11.3. The molecule has 0 N–H and O–H groups in total. The molecular formula is C25H26ClN5O3. The predicted octanol–water partition coefficient (Wildman–Crippen LogP) is 3.16. The highest BCUT2D eigenvalue weighted by atomic mass is 35.5. The SMILES string of the molecule is COc1cccc(CN2CCn3nc(C(=O)N4CCN(c5ccccc5Cl)CC4)cc3C2=O)c1. The highest BCUT2D eigenvalue weighted by Gasteiger charge is 2.30. The number of hydrogen-bond donors (Lipinski definition) is 0. The molecule has 0 bridgehead atoms. The largest absolute Gasteiger partial charge is 0.497 e. The van der Waals surface area contributed by atoms with Gasteiger partial charge in [-0.2, -0.15) is 5.10 Å². The molecule has 2 aliphatic heterocycles. The zero-order valence-electron chi connectivity index (χ0n) is 19.0. The number of amides is 2. The van der Waals surface area contributed by atoms with Crippen LogP contribution < -0.4 is 9.64 Å². The fourth-order valence-corrected chi connectivity index (χ4v) is 4.76. The van der Waals surface area contributed by atoms with E-state index in [-0.39, 0.29) is 11.8 Å². The number of halogens is 1. The molecule has 9 heteroatoms. The maximum Gasteiger partial charge on any atom is 0.274 e. The first-order valence-corrected chi connectivity index (χ1v) is 11.7. The van der Waals surface area contributed by atoms with Gasteiger partial charge in [0.25, 0.3) is 11.8 Å². The fraction of sp³-hybridized carbons (Fsp3) is 0.320.